The fourth-order valence-electron chi connectivity index (χ4n) is 1.97. The lowest BCUT2D eigenvalue weighted by atomic mass is 9.87. The Balaban J connectivity index is 0.000000480. The van der Waals surface area contributed by atoms with Gasteiger partial charge in [0.15, 0.2) is 0 Å². The Kier molecular flexibility index (Phi) is 7.75. The van der Waals surface area contributed by atoms with Crippen molar-refractivity contribution in [3.63, 3.8) is 0 Å². The molecule has 152 valence electrons. The van der Waals surface area contributed by atoms with Gasteiger partial charge in [-0.1, -0.05) is 45.0 Å². The minimum absolute atomic E-state index is 0.0839. The fourth-order valence-corrected chi connectivity index (χ4v) is 1.97. The largest absolute Gasteiger partial charge is 0.490 e. The van der Waals surface area contributed by atoms with Gasteiger partial charge >= 0.3 is 18.1 Å². The molecular weight excluding hydrogens is 375 g/mol. The summed E-state index contributed by atoms with van der Waals surface area (Å²) in [4.78, 5) is 20.9. The molecule has 0 aliphatic rings. The van der Waals surface area contributed by atoms with Crippen molar-refractivity contribution >= 4 is 11.9 Å². The van der Waals surface area contributed by atoms with Crippen LogP contribution < -0.4 is 10.5 Å². The molecule has 2 aromatic carbocycles. The second-order valence-corrected chi connectivity index (χ2v) is 6.87. The van der Waals surface area contributed by atoms with Gasteiger partial charge in [0, 0.05) is 6.54 Å². The van der Waals surface area contributed by atoms with Gasteiger partial charge in [0.2, 0.25) is 0 Å². The van der Waals surface area contributed by atoms with E-state index in [1.165, 1.54) is 5.56 Å². The number of aliphatic carboxylic acids is 1. The summed E-state index contributed by atoms with van der Waals surface area (Å²) in [5, 5.41) is 7.12. The van der Waals surface area contributed by atoms with E-state index in [1.54, 1.807) is 12.1 Å². The predicted molar refractivity (Wildman–Crippen MR) is 98.1 cm³/mol. The summed E-state index contributed by atoms with van der Waals surface area (Å²) in [7, 11) is 0. The number of hydrogen-bond acceptors (Lipinski definition) is 4. The highest BCUT2D eigenvalue weighted by Crippen LogP contribution is 2.24. The summed E-state index contributed by atoms with van der Waals surface area (Å²) >= 11 is 0. The van der Waals surface area contributed by atoms with Gasteiger partial charge in [0.1, 0.15) is 5.75 Å². The van der Waals surface area contributed by atoms with Crippen molar-refractivity contribution in [2.24, 2.45) is 5.73 Å². The van der Waals surface area contributed by atoms with Crippen molar-refractivity contribution in [2.45, 2.75) is 38.9 Å². The Hall–Kier alpha value is -2.87. The Morgan fingerprint density at radius 3 is 1.79 bits per heavy atom. The van der Waals surface area contributed by atoms with E-state index in [0.717, 1.165) is 5.56 Å². The number of benzene rings is 2. The second kappa shape index (κ2) is 9.36. The molecule has 0 bridgehead atoms. The molecule has 0 aromatic heterocycles. The number of halogens is 3. The van der Waals surface area contributed by atoms with Crippen LogP contribution in [0.25, 0.3) is 0 Å². The van der Waals surface area contributed by atoms with Crippen LogP contribution in [0.5, 0.6) is 5.75 Å². The highest BCUT2D eigenvalue weighted by molar-refractivity contribution is 5.91. The number of carbonyl (C=O) groups excluding carboxylic acids is 1. The number of carboxylic acids is 1. The smallest absolute Gasteiger partial charge is 0.475 e. The number of rotatable bonds is 3. The molecule has 28 heavy (non-hydrogen) atoms. The van der Waals surface area contributed by atoms with Gasteiger partial charge in [-0.25, -0.2) is 9.59 Å². The molecule has 0 aliphatic heterocycles. The number of carboxylic acid groups (broad SMARTS) is 1. The second-order valence-electron chi connectivity index (χ2n) is 6.87. The third-order valence-corrected chi connectivity index (χ3v) is 3.60. The molecule has 0 radical (unpaired) electrons. The van der Waals surface area contributed by atoms with E-state index in [1.807, 2.05) is 36.4 Å². The molecule has 0 fully saturated rings. The molecule has 5 nitrogen and oxygen atoms in total. The van der Waals surface area contributed by atoms with Gasteiger partial charge in [-0.2, -0.15) is 13.2 Å². The topological polar surface area (TPSA) is 89.6 Å². The molecule has 8 heteroatoms. The van der Waals surface area contributed by atoms with Crippen LogP contribution in [0.2, 0.25) is 0 Å². The minimum atomic E-state index is -5.08. The van der Waals surface area contributed by atoms with Crippen LogP contribution in [0, 0.1) is 0 Å². The zero-order valence-corrected chi connectivity index (χ0v) is 15.7. The van der Waals surface area contributed by atoms with E-state index in [-0.39, 0.29) is 11.4 Å². The molecule has 0 saturated heterocycles. The lowest BCUT2D eigenvalue weighted by molar-refractivity contribution is -0.192. The number of hydrogen-bond donors (Lipinski definition) is 2. The molecule has 2 rings (SSSR count). The van der Waals surface area contributed by atoms with Crippen molar-refractivity contribution in [1.82, 2.24) is 0 Å². The molecule has 0 saturated carbocycles. The summed E-state index contributed by atoms with van der Waals surface area (Å²) in [5.74, 6) is -2.56. The maximum absolute atomic E-state index is 12.0. The maximum Gasteiger partial charge on any atom is 0.490 e. The maximum atomic E-state index is 12.0. The predicted octanol–water partition coefficient (Wildman–Crippen LogP) is 4.30. The first-order valence-corrected chi connectivity index (χ1v) is 8.26. The van der Waals surface area contributed by atoms with Gasteiger partial charge in [0.05, 0.1) is 5.56 Å². The zero-order valence-electron chi connectivity index (χ0n) is 15.7. The molecule has 2 aromatic rings. The molecule has 0 spiro atoms. The first kappa shape index (κ1) is 23.2. The molecule has 0 amide bonds. The van der Waals surface area contributed by atoms with Crippen molar-refractivity contribution in [2.75, 3.05) is 0 Å². The number of nitrogens with two attached hydrogens (primary N) is 1. The quantitative estimate of drug-likeness (QED) is 0.596. The molecular formula is C20H22F3NO4. The fraction of sp³-hybridized carbons (Fsp3) is 0.300. The average Bonchev–Trinajstić information content (AvgIpc) is 2.61. The highest BCUT2D eigenvalue weighted by Gasteiger charge is 2.38. The number of carbonyl (C=O) groups is 2. The number of alkyl halides is 3. The summed E-state index contributed by atoms with van der Waals surface area (Å²) in [6.45, 7) is 6.90. The summed E-state index contributed by atoms with van der Waals surface area (Å²) in [6, 6.07) is 14.8. The van der Waals surface area contributed by atoms with E-state index in [0.29, 0.717) is 17.9 Å². The third kappa shape index (κ3) is 7.40. The van der Waals surface area contributed by atoms with Gasteiger partial charge in [-0.3, -0.25) is 0 Å². The van der Waals surface area contributed by atoms with Gasteiger partial charge < -0.3 is 15.6 Å². The van der Waals surface area contributed by atoms with E-state index in [4.69, 9.17) is 20.4 Å². The van der Waals surface area contributed by atoms with Crippen LogP contribution in [0.3, 0.4) is 0 Å². The molecule has 0 heterocycles. The van der Waals surface area contributed by atoms with Gasteiger partial charge in [-0.15, -0.1) is 0 Å². The Labute approximate surface area is 160 Å². The molecule has 0 unspecified atom stereocenters. The standard InChI is InChI=1S/C18H21NO2.C2HF3O2/c1-18(2,3)15-8-10-16(11-9-15)21-17(20)14-6-4-13(12-19)5-7-14;3-2(4,5)1(6)7/h4-11H,12,19H2,1-3H3;(H,6,7). The van der Waals surface area contributed by atoms with Crippen molar-refractivity contribution in [3.8, 4) is 5.75 Å². The summed E-state index contributed by atoms with van der Waals surface area (Å²) in [6.07, 6.45) is -5.08. The van der Waals surface area contributed by atoms with Crippen LogP contribution in [-0.4, -0.2) is 23.2 Å². The SMILES string of the molecule is CC(C)(C)c1ccc(OC(=O)c2ccc(CN)cc2)cc1.O=C(O)C(F)(F)F. The normalized spacial score (nSPS) is 11.2. The lowest BCUT2D eigenvalue weighted by Crippen LogP contribution is -2.21. The van der Waals surface area contributed by atoms with Crippen molar-refractivity contribution < 1.29 is 32.6 Å². The lowest BCUT2D eigenvalue weighted by Gasteiger charge is -2.19. The van der Waals surface area contributed by atoms with Crippen molar-refractivity contribution in [1.29, 1.82) is 0 Å². The molecule has 0 aliphatic carbocycles. The monoisotopic (exact) mass is 397 g/mol. The first-order chi connectivity index (χ1) is 12.8. The summed E-state index contributed by atoms with van der Waals surface area (Å²) in [5.41, 5.74) is 8.33. The van der Waals surface area contributed by atoms with Crippen LogP contribution in [0.4, 0.5) is 13.2 Å². The van der Waals surface area contributed by atoms with E-state index >= 15 is 0 Å². The number of ether oxygens (including phenoxy) is 1. The summed E-state index contributed by atoms with van der Waals surface area (Å²) < 4.78 is 37.1. The zero-order chi connectivity index (χ0) is 21.5. The Morgan fingerprint density at radius 1 is 0.964 bits per heavy atom. The van der Waals surface area contributed by atoms with Crippen LogP contribution in [-0.2, 0) is 16.8 Å². The minimum Gasteiger partial charge on any atom is -0.475 e. The Morgan fingerprint density at radius 2 is 1.43 bits per heavy atom. The van der Waals surface area contributed by atoms with E-state index in [2.05, 4.69) is 20.8 Å². The van der Waals surface area contributed by atoms with E-state index < -0.39 is 12.1 Å². The van der Waals surface area contributed by atoms with Crippen LogP contribution in [0.1, 0.15) is 42.3 Å². The van der Waals surface area contributed by atoms with Gasteiger partial charge in [0.25, 0.3) is 0 Å². The molecule has 0 atom stereocenters. The third-order valence-electron chi connectivity index (χ3n) is 3.60. The van der Waals surface area contributed by atoms with E-state index in [9.17, 15) is 18.0 Å². The van der Waals surface area contributed by atoms with Crippen LogP contribution >= 0.6 is 0 Å². The molecule has 3 N–H and O–H groups in total. The number of esters is 1. The average molecular weight is 397 g/mol. The van der Waals surface area contributed by atoms with Gasteiger partial charge in [-0.05, 0) is 40.8 Å². The van der Waals surface area contributed by atoms with Crippen molar-refractivity contribution in [3.05, 3.63) is 65.2 Å². The van der Waals surface area contributed by atoms with Crippen LogP contribution in [0.15, 0.2) is 48.5 Å². The first-order valence-electron chi connectivity index (χ1n) is 8.26. The highest BCUT2D eigenvalue weighted by atomic mass is 19.4. The Bertz CT molecular complexity index is 792.